The standard InChI is InChI=1S/C15H18F17N2O3S.ClH/c1-34(2,6-7-35)5-3-4-33-38(36,37)15(31,32)13(26,27)11(22,23)9(18,19)8(16,17)10(20,21)12(24,25)14(28,29)30;/h33,35H,3-7H2,1-2H3;1H/q+1;/p-1. The number of aliphatic hydroxyl groups excluding tert-OH is 1. The van der Waals surface area contributed by atoms with Crippen LogP contribution in [0.3, 0.4) is 0 Å². The highest BCUT2D eigenvalue weighted by Crippen LogP contribution is 2.64. The van der Waals surface area contributed by atoms with Gasteiger partial charge in [0.15, 0.2) is 0 Å². The fourth-order valence-electron chi connectivity index (χ4n) is 2.50. The van der Waals surface area contributed by atoms with Crippen molar-refractivity contribution in [3.8, 4) is 0 Å². The number of nitrogens with one attached hydrogen (secondary N) is 1. The normalized spacial score (nSPS) is 15.8. The molecule has 0 aliphatic heterocycles. The lowest BCUT2D eigenvalue weighted by Gasteiger charge is -2.42. The number of aliphatic hydroxyl groups is 1. The molecule has 0 heterocycles. The molecule has 0 fully saturated rings. The first-order chi connectivity index (χ1) is 16.3. The topological polar surface area (TPSA) is 66.4 Å². The maximum absolute atomic E-state index is 13.9. The maximum atomic E-state index is 13.9. The lowest BCUT2D eigenvalue weighted by Crippen LogP contribution is -3.00. The second-order valence-corrected chi connectivity index (χ2v) is 10.1. The smallest absolute Gasteiger partial charge is 0.460 e. The van der Waals surface area contributed by atoms with Crippen molar-refractivity contribution in [2.45, 2.75) is 53.4 Å². The number of alkyl halides is 17. The molecule has 0 radical (unpaired) electrons. The highest BCUT2D eigenvalue weighted by atomic mass is 35.5. The van der Waals surface area contributed by atoms with Crippen LogP contribution in [0.15, 0.2) is 0 Å². The zero-order valence-electron chi connectivity index (χ0n) is 19.0. The molecule has 2 N–H and O–H groups in total. The van der Waals surface area contributed by atoms with Crippen LogP contribution in [0.4, 0.5) is 74.6 Å². The average molecular weight is 665 g/mol. The molecule has 0 saturated carbocycles. The Kier molecular flexibility index (Phi) is 11.6. The molecule has 0 aliphatic carbocycles. The predicted molar refractivity (Wildman–Crippen MR) is 91.2 cm³/mol. The summed E-state index contributed by atoms with van der Waals surface area (Å²) in [6, 6.07) is 0. The first kappa shape index (κ1) is 40.1. The molecule has 0 saturated heterocycles. The van der Waals surface area contributed by atoms with Crippen molar-refractivity contribution in [3.63, 3.8) is 0 Å². The third-order valence-electron chi connectivity index (χ3n) is 4.97. The van der Waals surface area contributed by atoms with E-state index in [0.29, 0.717) is 4.72 Å². The maximum Gasteiger partial charge on any atom is 0.460 e. The van der Waals surface area contributed by atoms with Gasteiger partial charge in [0.2, 0.25) is 0 Å². The fourth-order valence-corrected chi connectivity index (χ4v) is 3.57. The lowest BCUT2D eigenvalue weighted by atomic mass is 9.91. The number of rotatable bonds is 14. The highest BCUT2D eigenvalue weighted by molar-refractivity contribution is 7.90. The first-order valence-electron chi connectivity index (χ1n) is 9.40. The molecule has 238 valence electrons. The van der Waals surface area contributed by atoms with Gasteiger partial charge in [0, 0.05) is 13.0 Å². The van der Waals surface area contributed by atoms with Crippen molar-refractivity contribution in [2.24, 2.45) is 0 Å². The molecule has 39 heavy (non-hydrogen) atoms. The van der Waals surface area contributed by atoms with E-state index in [1.807, 2.05) is 0 Å². The van der Waals surface area contributed by atoms with E-state index in [0.717, 1.165) is 0 Å². The van der Waals surface area contributed by atoms with Gasteiger partial charge in [-0.15, -0.1) is 0 Å². The third kappa shape index (κ3) is 6.40. The van der Waals surface area contributed by atoms with E-state index >= 15 is 0 Å². The number of quaternary nitrogens is 1. The number of hydrogen-bond acceptors (Lipinski definition) is 3. The van der Waals surface area contributed by atoms with Crippen LogP contribution >= 0.6 is 0 Å². The minimum atomic E-state index is -8.85. The molecule has 0 spiro atoms. The first-order valence-corrected chi connectivity index (χ1v) is 10.9. The van der Waals surface area contributed by atoms with Crippen molar-refractivity contribution < 1.29 is 105 Å². The van der Waals surface area contributed by atoms with E-state index < -0.39 is 76.6 Å². The van der Waals surface area contributed by atoms with Crippen molar-refractivity contribution >= 4 is 10.0 Å². The molecule has 0 rings (SSSR count). The zero-order chi connectivity index (χ0) is 31.2. The molecule has 0 aliphatic rings. The number of likely N-dealkylation sites (N-methyl/N-ethyl adjacent to an activating group) is 1. The van der Waals surface area contributed by atoms with Gasteiger partial charge in [-0.2, -0.15) is 74.6 Å². The SMILES string of the molecule is C[N+](C)(CCO)CCCNS(=O)(=O)C(F)(F)C(F)(F)C(F)(F)C(F)(F)C(F)(F)C(F)(F)C(F)(F)C(F)(F)F.[Cl-]. The molecular weight excluding hydrogens is 647 g/mol. The van der Waals surface area contributed by atoms with E-state index in [-0.39, 0.29) is 30.0 Å². The van der Waals surface area contributed by atoms with E-state index in [1.54, 1.807) is 0 Å². The van der Waals surface area contributed by atoms with Gasteiger partial charge in [0.05, 0.1) is 27.2 Å². The minimum absolute atomic E-state index is 0. The Morgan fingerprint density at radius 3 is 1.28 bits per heavy atom. The molecular formula is C15H18ClF17N2O3S. The molecule has 0 amide bonds. The summed E-state index contributed by atoms with van der Waals surface area (Å²) in [4.78, 5) is 0. The van der Waals surface area contributed by atoms with Crippen LogP contribution < -0.4 is 17.1 Å². The van der Waals surface area contributed by atoms with E-state index in [4.69, 9.17) is 5.11 Å². The van der Waals surface area contributed by atoms with Crippen LogP contribution in [0, 0.1) is 0 Å². The summed E-state index contributed by atoms with van der Waals surface area (Å²) >= 11 is 0. The molecule has 24 heteroatoms. The van der Waals surface area contributed by atoms with Gasteiger partial charge in [-0.25, -0.2) is 13.1 Å². The molecule has 0 unspecified atom stereocenters. The van der Waals surface area contributed by atoms with Crippen LogP contribution in [-0.2, 0) is 10.0 Å². The summed E-state index contributed by atoms with van der Waals surface area (Å²) in [5.41, 5.74) is 0. The van der Waals surface area contributed by atoms with Gasteiger partial charge in [-0.3, -0.25) is 0 Å². The van der Waals surface area contributed by atoms with Gasteiger partial charge in [0.25, 0.3) is 10.0 Å². The summed E-state index contributed by atoms with van der Waals surface area (Å²) in [5, 5.41) is 1.21. The average Bonchev–Trinajstić information content (AvgIpc) is 2.69. The van der Waals surface area contributed by atoms with Crippen LogP contribution in [0.5, 0.6) is 0 Å². The van der Waals surface area contributed by atoms with E-state index in [9.17, 15) is 83.1 Å². The van der Waals surface area contributed by atoms with E-state index in [2.05, 4.69) is 0 Å². The van der Waals surface area contributed by atoms with Gasteiger partial charge in [-0.1, -0.05) is 0 Å². The minimum Gasteiger partial charge on any atom is -1.00 e. The molecule has 0 atom stereocenters. The largest absolute Gasteiger partial charge is 1.00 e. The predicted octanol–water partition coefficient (Wildman–Crippen LogP) is 1.34. The number of nitrogens with zero attached hydrogens (tertiary/aromatic N) is 1. The second-order valence-electron chi connectivity index (χ2n) is 8.32. The molecule has 0 aromatic heterocycles. The highest BCUT2D eigenvalue weighted by Gasteiger charge is 2.96. The van der Waals surface area contributed by atoms with Gasteiger partial charge < -0.3 is 22.0 Å². The molecule has 0 aromatic rings. The van der Waals surface area contributed by atoms with Crippen molar-refractivity contribution in [1.29, 1.82) is 0 Å². The Morgan fingerprint density at radius 1 is 0.615 bits per heavy atom. The van der Waals surface area contributed by atoms with Crippen LogP contribution in [0.1, 0.15) is 6.42 Å². The number of hydrogen-bond donors (Lipinski definition) is 2. The van der Waals surface area contributed by atoms with Crippen LogP contribution in [0.25, 0.3) is 0 Å². The summed E-state index contributed by atoms with van der Waals surface area (Å²) in [5.74, 6) is -51.7. The number of halogens is 18. The third-order valence-corrected chi connectivity index (χ3v) is 6.48. The second kappa shape index (κ2) is 11.3. The fraction of sp³-hybridized carbons (Fsp3) is 1.00. The van der Waals surface area contributed by atoms with Gasteiger partial charge >= 0.3 is 47.0 Å². The Bertz CT molecular complexity index is 938. The Morgan fingerprint density at radius 2 is 0.949 bits per heavy atom. The molecule has 0 bridgehead atoms. The van der Waals surface area contributed by atoms with Gasteiger partial charge in [0.1, 0.15) is 6.54 Å². The monoisotopic (exact) mass is 664 g/mol. The molecule has 5 nitrogen and oxygen atoms in total. The summed E-state index contributed by atoms with van der Waals surface area (Å²) in [7, 11) is -4.58. The summed E-state index contributed by atoms with van der Waals surface area (Å²) in [6.45, 7) is -2.09. The van der Waals surface area contributed by atoms with Crippen molar-refractivity contribution in [1.82, 2.24) is 4.72 Å². The number of sulfonamides is 1. The van der Waals surface area contributed by atoms with Crippen LogP contribution in [-0.4, -0.2) is 105 Å². The Hall–Kier alpha value is -1.07. The quantitative estimate of drug-likeness (QED) is 0.168. The molecule has 0 aromatic carbocycles. The van der Waals surface area contributed by atoms with Crippen molar-refractivity contribution in [3.05, 3.63) is 0 Å². The Balaban J connectivity index is 0. The van der Waals surface area contributed by atoms with Gasteiger partial charge in [-0.05, 0) is 0 Å². The zero-order valence-corrected chi connectivity index (χ0v) is 20.5. The summed E-state index contributed by atoms with van der Waals surface area (Å²) < 4.78 is 248. The lowest BCUT2D eigenvalue weighted by molar-refractivity contribution is -0.890. The Labute approximate surface area is 214 Å². The van der Waals surface area contributed by atoms with Crippen molar-refractivity contribution in [2.75, 3.05) is 40.3 Å². The van der Waals surface area contributed by atoms with E-state index in [1.165, 1.54) is 14.1 Å². The summed E-state index contributed by atoms with van der Waals surface area (Å²) in [6.07, 6.45) is -8.48. The van der Waals surface area contributed by atoms with Crippen LogP contribution in [0.2, 0.25) is 0 Å².